The third kappa shape index (κ3) is 3.57. The number of hydrogen-bond donors (Lipinski definition) is 2. The highest BCUT2D eigenvalue weighted by Gasteiger charge is 2.00. The number of amidine groups is 1. The van der Waals surface area contributed by atoms with Gasteiger partial charge in [0.15, 0.2) is 0 Å². The van der Waals surface area contributed by atoms with Gasteiger partial charge in [0, 0.05) is 25.7 Å². The van der Waals surface area contributed by atoms with Gasteiger partial charge in [-0.2, -0.15) is 0 Å². The predicted octanol–water partition coefficient (Wildman–Crippen LogP) is 1.15. The first-order chi connectivity index (χ1) is 7.63. The van der Waals surface area contributed by atoms with E-state index in [-0.39, 0.29) is 5.91 Å². The Morgan fingerprint density at radius 1 is 1.38 bits per heavy atom. The number of nitrogens with one attached hydrogen (secondary N) is 1. The molecule has 0 aromatic heterocycles. The zero-order valence-electron chi connectivity index (χ0n) is 9.40. The summed E-state index contributed by atoms with van der Waals surface area (Å²) in [5, 5.41) is 2.58. The second-order valence-electron chi connectivity index (χ2n) is 3.26. The average molecular weight is 217 g/mol. The van der Waals surface area contributed by atoms with Gasteiger partial charge >= 0.3 is 0 Å². The third-order valence-corrected chi connectivity index (χ3v) is 1.94. The molecule has 0 aliphatic rings. The molecule has 1 rings (SSSR count). The van der Waals surface area contributed by atoms with Crippen molar-refractivity contribution in [1.82, 2.24) is 5.32 Å². The van der Waals surface area contributed by atoms with Gasteiger partial charge < -0.3 is 11.1 Å². The molecule has 1 amide bonds. The van der Waals surface area contributed by atoms with Crippen LogP contribution in [0.2, 0.25) is 0 Å². The van der Waals surface area contributed by atoms with Crippen LogP contribution in [0.15, 0.2) is 41.4 Å². The Bertz CT molecular complexity index is 421. The number of carbonyl (C=O) groups excluding carboxylic acids is 1. The van der Waals surface area contributed by atoms with Gasteiger partial charge in [-0.1, -0.05) is 30.3 Å². The molecule has 84 valence electrons. The van der Waals surface area contributed by atoms with Crippen LogP contribution in [-0.4, -0.2) is 18.8 Å². The van der Waals surface area contributed by atoms with E-state index in [0.717, 1.165) is 5.56 Å². The monoisotopic (exact) mass is 217 g/mol. The van der Waals surface area contributed by atoms with Gasteiger partial charge in [0.05, 0.1) is 0 Å². The molecule has 0 saturated heterocycles. The number of nitrogens with two attached hydrogens (primary N) is 1. The SMILES string of the molecule is CN=C(C=C(N)c1ccccc1)NC(C)=O. The first kappa shape index (κ1) is 12.0. The average Bonchev–Trinajstić information content (AvgIpc) is 2.28. The highest BCUT2D eigenvalue weighted by molar-refractivity contribution is 6.06. The fourth-order valence-electron chi connectivity index (χ4n) is 1.20. The second-order valence-corrected chi connectivity index (χ2v) is 3.26. The molecular formula is C12H15N3O. The van der Waals surface area contributed by atoms with E-state index in [1.165, 1.54) is 6.92 Å². The summed E-state index contributed by atoms with van der Waals surface area (Å²) in [4.78, 5) is 14.8. The van der Waals surface area contributed by atoms with Crippen LogP contribution in [0.1, 0.15) is 12.5 Å². The van der Waals surface area contributed by atoms with Gasteiger partial charge in [0.25, 0.3) is 0 Å². The van der Waals surface area contributed by atoms with E-state index in [1.54, 1.807) is 13.1 Å². The number of carbonyl (C=O) groups is 1. The minimum absolute atomic E-state index is 0.169. The summed E-state index contributed by atoms with van der Waals surface area (Å²) >= 11 is 0. The lowest BCUT2D eigenvalue weighted by Crippen LogP contribution is -2.27. The Morgan fingerprint density at radius 2 is 2.00 bits per heavy atom. The fraction of sp³-hybridized carbons (Fsp3) is 0.167. The smallest absolute Gasteiger partial charge is 0.222 e. The molecule has 16 heavy (non-hydrogen) atoms. The summed E-state index contributed by atoms with van der Waals surface area (Å²) < 4.78 is 0. The van der Waals surface area contributed by atoms with Gasteiger partial charge in [-0.15, -0.1) is 0 Å². The van der Waals surface area contributed by atoms with Crippen molar-refractivity contribution >= 4 is 17.4 Å². The molecule has 0 bridgehead atoms. The van der Waals surface area contributed by atoms with Gasteiger partial charge in [-0.25, -0.2) is 0 Å². The summed E-state index contributed by atoms with van der Waals surface area (Å²) in [5.74, 6) is 0.284. The molecule has 4 heteroatoms. The molecular weight excluding hydrogens is 202 g/mol. The summed E-state index contributed by atoms with van der Waals surface area (Å²) in [6.45, 7) is 1.43. The molecule has 0 atom stereocenters. The molecule has 0 radical (unpaired) electrons. The van der Waals surface area contributed by atoms with Crippen molar-refractivity contribution < 1.29 is 4.79 Å². The summed E-state index contributed by atoms with van der Waals surface area (Å²) in [6.07, 6.45) is 1.64. The number of benzene rings is 1. The van der Waals surface area contributed by atoms with Crippen molar-refractivity contribution in [3.05, 3.63) is 42.0 Å². The normalized spacial score (nSPS) is 12.4. The maximum atomic E-state index is 10.9. The van der Waals surface area contributed by atoms with E-state index in [9.17, 15) is 4.79 Å². The van der Waals surface area contributed by atoms with E-state index in [0.29, 0.717) is 11.5 Å². The van der Waals surface area contributed by atoms with Crippen LogP contribution >= 0.6 is 0 Å². The molecule has 0 aliphatic heterocycles. The maximum absolute atomic E-state index is 10.9. The fourth-order valence-corrected chi connectivity index (χ4v) is 1.20. The molecule has 0 heterocycles. The van der Waals surface area contributed by atoms with Crippen LogP contribution in [0.25, 0.3) is 5.70 Å². The van der Waals surface area contributed by atoms with Crippen LogP contribution < -0.4 is 11.1 Å². The van der Waals surface area contributed by atoms with Crippen molar-refractivity contribution in [1.29, 1.82) is 0 Å². The maximum Gasteiger partial charge on any atom is 0.222 e. The van der Waals surface area contributed by atoms with E-state index >= 15 is 0 Å². The lowest BCUT2D eigenvalue weighted by Gasteiger charge is -2.04. The van der Waals surface area contributed by atoms with Gasteiger partial charge in [0.2, 0.25) is 5.91 Å². The molecule has 0 aliphatic carbocycles. The lowest BCUT2D eigenvalue weighted by molar-refractivity contribution is -0.117. The minimum Gasteiger partial charge on any atom is -0.398 e. The first-order valence-electron chi connectivity index (χ1n) is 4.90. The third-order valence-electron chi connectivity index (χ3n) is 1.94. The quantitative estimate of drug-likeness (QED) is 0.576. The topological polar surface area (TPSA) is 67.5 Å². The van der Waals surface area contributed by atoms with E-state index in [1.807, 2.05) is 30.3 Å². The van der Waals surface area contributed by atoms with Gasteiger partial charge in [0.1, 0.15) is 5.84 Å². The largest absolute Gasteiger partial charge is 0.398 e. The molecule has 1 aromatic rings. The Labute approximate surface area is 94.9 Å². The van der Waals surface area contributed by atoms with E-state index in [4.69, 9.17) is 5.73 Å². The van der Waals surface area contributed by atoms with Crippen LogP contribution in [-0.2, 0) is 4.79 Å². The number of amides is 1. The van der Waals surface area contributed by atoms with Gasteiger partial charge in [-0.3, -0.25) is 9.79 Å². The summed E-state index contributed by atoms with van der Waals surface area (Å²) in [6, 6.07) is 9.51. The molecule has 0 fully saturated rings. The Balaban J connectivity index is 2.87. The second kappa shape index (κ2) is 5.70. The highest BCUT2D eigenvalue weighted by atomic mass is 16.1. The van der Waals surface area contributed by atoms with Crippen LogP contribution in [0.5, 0.6) is 0 Å². The molecule has 4 nitrogen and oxygen atoms in total. The van der Waals surface area contributed by atoms with Crippen molar-refractivity contribution in [3.63, 3.8) is 0 Å². The molecule has 0 saturated carbocycles. The predicted molar refractivity (Wildman–Crippen MR) is 65.8 cm³/mol. The van der Waals surface area contributed by atoms with Crippen molar-refractivity contribution in [2.75, 3.05) is 7.05 Å². The van der Waals surface area contributed by atoms with Crippen molar-refractivity contribution in [3.8, 4) is 0 Å². The zero-order valence-corrected chi connectivity index (χ0v) is 9.40. The Kier molecular flexibility index (Phi) is 4.27. The van der Waals surface area contributed by atoms with Crippen LogP contribution in [0.3, 0.4) is 0 Å². The highest BCUT2D eigenvalue weighted by Crippen LogP contribution is 2.07. The minimum atomic E-state index is -0.169. The first-order valence-corrected chi connectivity index (χ1v) is 4.90. The lowest BCUT2D eigenvalue weighted by atomic mass is 10.1. The van der Waals surface area contributed by atoms with Crippen molar-refractivity contribution in [2.24, 2.45) is 10.7 Å². The van der Waals surface area contributed by atoms with E-state index in [2.05, 4.69) is 10.3 Å². The van der Waals surface area contributed by atoms with Gasteiger partial charge in [-0.05, 0) is 5.56 Å². The van der Waals surface area contributed by atoms with E-state index < -0.39 is 0 Å². The zero-order chi connectivity index (χ0) is 12.0. The molecule has 3 N–H and O–H groups in total. The summed E-state index contributed by atoms with van der Waals surface area (Å²) in [5.41, 5.74) is 7.34. The molecule has 0 spiro atoms. The van der Waals surface area contributed by atoms with Crippen molar-refractivity contribution in [2.45, 2.75) is 6.92 Å². The Morgan fingerprint density at radius 3 is 2.50 bits per heavy atom. The number of aliphatic imine (C=N–C) groups is 1. The molecule has 0 unspecified atom stereocenters. The number of nitrogens with zero attached hydrogens (tertiary/aromatic N) is 1. The van der Waals surface area contributed by atoms with Crippen LogP contribution in [0.4, 0.5) is 0 Å². The summed E-state index contributed by atoms with van der Waals surface area (Å²) in [7, 11) is 1.60. The standard InChI is InChI=1S/C12H15N3O/c1-9(16)15-12(14-2)8-11(13)10-6-4-3-5-7-10/h3-8H,13H2,1-2H3,(H,14,15,16). The number of hydrogen-bond acceptors (Lipinski definition) is 3. The molecule has 1 aromatic carbocycles. The van der Waals surface area contributed by atoms with Crippen LogP contribution in [0, 0.1) is 0 Å². The number of rotatable bonds is 2. The Hall–Kier alpha value is -2.10.